The van der Waals surface area contributed by atoms with Gasteiger partial charge in [0.2, 0.25) is 0 Å². The van der Waals surface area contributed by atoms with E-state index in [1.54, 1.807) is 12.1 Å². The molecule has 1 saturated carbocycles. The topological polar surface area (TPSA) is 46.2 Å². The van der Waals surface area contributed by atoms with Crippen LogP contribution in [0.1, 0.15) is 46.5 Å². The normalized spacial score (nSPS) is 23.8. The zero-order valence-electron chi connectivity index (χ0n) is 13.5. The first-order valence-electron chi connectivity index (χ1n) is 7.75. The van der Waals surface area contributed by atoms with Crippen LogP contribution < -0.4 is 5.32 Å². The van der Waals surface area contributed by atoms with Crippen molar-refractivity contribution in [1.82, 2.24) is 0 Å². The Morgan fingerprint density at radius 2 is 1.71 bits per heavy atom. The molecule has 1 aromatic carbocycles. The van der Waals surface area contributed by atoms with E-state index in [4.69, 9.17) is 0 Å². The van der Waals surface area contributed by atoms with Crippen LogP contribution in [0, 0.1) is 11.3 Å². The molecule has 1 aliphatic carbocycles. The van der Waals surface area contributed by atoms with Gasteiger partial charge in [0.15, 0.2) is 9.84 Å². The van der Waals surface area contributed by atoms with Gasteiger partial charge in [-0.2, -0.15) is 0 Å². The van der Waals surface area contributed by atoms with Crippen molar-refractivity contribution in [3.05, 3.63) is 24.3 Å². The van der Waals surface area contributed by atoms with Crippen molar-refractivity contribution in [2.24, 2.45) is 11.3 Å². The maximum atomic E-state index is 11.9. The Kier molecular flexibility index (Phi) is 4.66. The Bertz CT molecular complexity index is 587. The minimum atomic E-state index is -3.20. The van der Waals surface area contributed by atoms with Crippen LogP contribution in [0.25, 0.3) is 0 Å². The van der Waals surface area contributed by atoms with E-state index in [1.807, 2.05) is 12.1 Å². The van der Waals surface area contributed by atoms with E-state index in [9.17, 15) is 8.42 Å². The fourth-order valence-corrected chi connectivity index (χ4v) is 4.30. The van der Waals surface area contributed by atoms with Crippen molar-refractivity contribution >= 4 is 15.5 Å². The highest BCUT2D eigenvalue weighted by Crippen LogP contribution is 2.39. The lowest BCUT2D eigenvalue weighted by molar-refractivity contribution is 0.162. The largest absolute Gasteiger partial charge is 0.381 e. The summed E-state index contributed by atoms with van der Waals surface area (Å²) in [6, 6.07) is 7.59. The lowest BCUT2D eigenvalue weighted by Gasteiger charge is -2.41. The van der Waals surface area contributed by atoms with E-state index < -0.39 is 9.84 Å². The first-order valence-corrected chi connectivity index (χ1v) is 9.64. The Morgan fingerprint density at radius 3 is 2.33 bits per heavy atom. The predicted molar refractivity (Wildman–Crippen MR) is 88.4 cm³/mol. The lowest BCUT2D eigenvalue weighted by Crippen LogP contribution is -2.40. The number of anilines is 1. The maximum absolute atomic E-state index is 11.9. The van der Waals surface area contributed by atoms with Gasteiger partial charge in [-0.1, -0.05) is 45.7 Å². The molecule has 1 fully saturated rings. The van der Waals surface area contributed by atoms with E-state index in [0.717, 1.165) is 12.1 Å². The fraction of sp³-hybridized carbons (Fsp3) is 0.647. The highest BCUT2D eigenvalue weighted by Gasteiger charge is 2.34. The second-order valence-corrected chi connectivity index (χ2v) is 9.26. The monoisotopic (exact) mass is 309 g/mol. The predicted octanol–water partition coefficient (Wildman–Crippen LogP) is 4.11. The molecule has 0 amide bonds. The number of sulfone groups is 1. The van der Waals surface area contributed by atoms with Crippen molar-refractivity contribution < 1.29 is 8.42 Å². The fourth-order valence-electron chi connectivity index (χ4n) is 3.45. The molecule has 2 atom stereocenters. The van der Waals surface area contributed by atoms with Gasteiger partial charge in [0, 0.05) is 12.3 Å². The van der Waals surface area contributed by atoms with Crippen LogP contribution in [0.5, 0.6) is 0 Å². The van der Waals surface area contributed by atoms with Crippen LogP contribution in [0.3, 0.4) is 0 Å². The minimum Gasteiger partial charge on any atom is -0.381 e. The molecule has 2 rings (SSSR count). The average molecular weight is 309 g/mol. The number of benzene rings is 1. The van der Waals surface area contributed by atoms with Crippen LogP contribution in [0.2, 0.25) is 0 Å². The first-order chi connectivity index (χ1) is 9.69. The maximum Gasteiger partial charge on any atom is 0.177 e. The van der Waals surface area contributed by atoms with Gasteiger partial charge in [-0.3, -0.25) is 0 Å². The van der Waals surface area contributed by atoms with Gasteiger partial charge in [0.05, 0.1) is 10.6 Å². The summed E-state index contributed by atoms with van der Waals surface area (Å²) in [6.07, 6.45) is 6.08. The smallest absolute Gasteiger partial charge is 0.177 e. The van der Waals surface area contributed by atoms with Crippen LogP contribution in [0.15, 0.2) is 29.2 Å². The number of nitrogens with one attached hydrogen (secondary N) is 1. The molecule has 21 heavy (non-hydrogen) atoms. The molecule has 0 aliphatic heterocycles. The van der Waals surface area contributed by atoms with Crippen LogP contribution in [0.4, 0.5) is 5.69 Å². The number of hydrogen-bond donors (Lipinski definition) is 1. The van der Waals surface area contributed by atoms with E-state index in [1.165, 1.54) is 25.5 Å². The van der Waals surface area contributed by atoms with Crippen molar-refractivity contribution in [2.75, 3.05) is 11.6 Å². The minimum absolute atomic E-state index is 0.234. The summed E-state index contributed by atoms with van der Waals surface area (Å²) >= 11 is 0. The van der Waals surface area contributed by atoms with Gasteiger partial charge in [0.25, 0.3) is 0 Å². The highest BCUT2D eigenvalue weighted by atomic mass is 32.2. The van der Waals surface area contributed by atoms with E-state index in [2.05, 4.69) is 26.1 Å². The van der Waals surface area contributed by atoms with Crippen LogP contribution in [-0.2, 0) is 9.84 Å². The number of rotatable bonds is 3. The molecule has 0 spiro atoms. The van der Waals surface area contributed by atoms with E-state index in [-0.39, 0.29) is 5.41 Å². The molecule has 0 aromatic heterocycles. The Balaban J connectivity index is 2.29. The second-order valence-electron chi connectivity index (χ2n) is 7.28. The quantitative estimate of drug-likeness (QED) is 0.914. The molecule has 0 radical (unpaired) electrons. The highest BCUT2D eigenvalue weighted by molar-refractivity contribution is 7.90. The van der Waals surface area contributed by atoms with Gasteiger partial charge in [0.1, 0.15) is 0 Å². The third-order valence-electron chi connectivity index (χ3n) is 4.51. The molecule has 3 nitrogen and oxygen atoms in total. The molecule has 1 N–H and O–H groups in total. The SMILES string of the molecule is CC(C)(C)C1CCCCC1Nc1ccccc1S(C)(=O)=O. The van der Waals surface area contributed by atoms with Crippen molar-refractivity contribution in [1.29, 1.82) is 0 Å². The third kappa shape index (κ3) is 4.00. The van der Waals surface area contributed by atoms with Crippen LogP contribution >= 0.6 is 0 Å². The van der Waals surface area contributed by atoms with Gasteiger partial charge >= 0.3 is 0 Å². The third-order valence-corrected chi connectivity index (χ3v) is 5.66. The first kappa shape index (κ1) is 16.3. The summed E-state index contributed by atoms with van der Waals surface area (Å²) in [6.45, 7) is 6.83. The standard InChI is InChI=1S/C17H27NO2S/c1-17(2,3)13-9-5-6-10-14(13)18-15-11-7-8-12-16(15)21(4,19)20/h7-8,11-14,18H,5-6,9-10H2,1-4H3. The molecule has 2 unspecified atom stereocenters. The van der Waals surface area contributed by atoms with Crippen molar-refractivity contribution in [2.45, 2.75) is 57.4 Å². The van der Waals surface area contributed by atoms with Crippen molar-refractivity contribution in [3.8, 4) is 0 Å². The summed E-state index contributed by atoms with van der Waals surface area (Å²) in [5, 5.41) is 3.53. The summed E-state index contributed by atoms with van der Waals surface area (Å²) in [5.74, 6) is 0.568. The number of hydrogen-bond acceptors (Lipinski definition) is 3. The molecular weight excluding hydrogens is 282 g/mol. The van der Waals surface area contributed by atoms with Crippen LogP contribution in [-0.4, -0.2) is 20.7 Å². The van der Waals surface area contributed by atoms with E-state index in [0.29, 0.717) is 16.9 Å². The van der Waals surface area contributed by atoms with Gasteiger partial charge in [-0.05, 0) is 36.3 Å². The summed E-state index contributed by atoms with van der Waals surface area (Å²) in [7, 11) is -3.20. The summed E-state index contributed by atoms with van der Waals surface area (Å²) in [4.78, 5) is 0.406. The van der Waals surface area contributed by atoms with Crippen molar-refractivity contribution in [3.63, 3.8) is 0 Å². The van der Waals surface area contributed by atoms with E-state index >= 15 is 0 Å². The molecule has 4 heteroatoms. The molecule has 0 saturated heterocycles. The Labute approximate surface area is 129 Å². The second kappa shape index (κ2) is 5.99. The molecule has 0 bridgehead atoms. The Hall–Kier alpha value is -1.03. The summed E-state index contributed by atoms with van der Waals surface area (Å²) < 4.78 is 23.9. The lowest BCUT2D eigenvalue weighted by atomic mass is 9.69. The average Bonchev–Trinajstić information content (AvgIpc) is 2.37. The van der Waals surface area contributed by atoms with Gasteiger partial charge in [-0.25, -0.2) is 8.42 Å². The molecule has 1 aromatic rings. The Morgan fingerprint density at radius 1 is 1.10 bits per heavy atom. The molecule has 118 valence electrons. The van der Waals surface area contributed by atoms with Gasteiger partial charge in [-0.15, -0.1) is 0 Å². The van der Waals surface area contributed by atoms with Gasteiger partial charge < -0.3 is 5.32 Å². The zero-order valence-corrected chi connectivity index (χ0v) is 14.3. The molecule has 1 aliphatic rings. The number of para-hydroxylation sites is 1. The molecule has 0 heterocycles. The molecular formula is C17H27NO2S. The summed E-state index contributed by atoms with van der Waals surface area (Å²) in [5.41, 5.74) is 0.985. The zero-order chi connectivity index (χ0) is 15.7.